The SMILES string of the molecule is CC(C)(C)CCCc1ccc(-c2ccc(C(F)(F)F)cc2)cc1. The fourth-order valence-electron chi connectivity index (χ4n) is 2.54. The Hall–Kier alpha value is -1.77. The first kappa shape index (κ1) is 17.6. The number of rotatable bonds is 4. The predicted octanol–water partition coefficient (Wildman–Crippen LogP) is 6.74. The molecule has 0 heterocycles. The molecule has 0 aliphatic carbocycles. The van der Waals surface area contributed by atoms with Crippen LogP contribution in [0, 0.1) is 5.41 Å². The van der Waals surface area contributed by atoms with Gasteiger partial charge in [0.25, 0.3) is 0 Å². The Labute approximate surface area is 136 Å². The molecule has 0 nitrogen and oxygen atoms in total. The number of aryl methyl sites for hydroxylation is 1. The van der Waals surface area contributed by atoms with Gasteiger partial charge in [0.05, 0.1) is 5.56 Å². The quantitative estimate of drug-likeness (QED) is 0.585. The van der Waals surface area contributed by atoms with E-state index in [1.807, 2.05) is 12.1 Å². The first-order valence-electron chi connectivity index (χ1n) is 7.92. The average Bonchev–Trinajstić information content (AvgIpc) is 2.46. The summed E-state index contributed by atoms with van der Waals surface area (Å²) in [5, 5.41) is 0. The molecule has 0 aliphatic rings. The Morgan fingerprint density at radius 3 is 1.65 bits per heavy atom. The molecule has 2 aromatic carbocycles. The number of benzene rings is 2. The van der Waals surface area contributed by atoms with Gasteiger partial charge in [-0.1, -0.05) is 57.2 Å². The third-order valence-corrected chi connectivity index (χ3v) is 3.89. The summed E-state index contributed by atoms with van der Waals surface area (Å²) in [6.45, 7) is 6.71. The highest BCUT2D eigenvalue weighted by molar-refractivity contribution is 5.64. The van der Waals surface area contributed by atoms with Gasteiger partial charge in [-0.3, -0.25) is 0 Å². The van der Waals surface area contributed by atoms with Crippen LogP contribution >= 0.6 is 0 Å². The lowest BCUT2D eigenvalue weighted by Gasteiger charge is -2.17. The zero-order valence-corrected chi connectivity index (χ0v) is 13.9. The predicted molar refractivity (Wildman–Crippen MR) is 89.3 cm³/mol. The number of hydrogen-bond donors (Lipinski definition) is 0. The highest BCUT2D eigenvalue weighted by atomic mass is 19.4. The van der Waals surface area contributed by atoms with E-state index in [0.29, 0.717) is 5.41 Å². The molecule has 0 aliphatic heterocycles. The van der Waals surface area contributed by atoms with E-state index in [-0.39, 0.29) is 0 Å². The smallest absolute Gasteiger partial charge is 0.166 e. The minimum absolute atomic E-state index is 0.347. The molecule has 0 bridgehead atoms. The second-order valence-corrected chi connectivity index (χ2v) is 7.19. The first-order valence-corrected chi connectivity index (χ1v) is 7.92. The maximum Gasteiger partial charge on any atom is 0.416 e. The second kappa shape index (κ2) is 6.77. The largest absolute Gasteiger partial charge is 0.416 e. The highest BCUT2D eigenvalue weighted by Crippen LogP contribution is 2.31. The van der Waals surface area contributed by atoms with Crippen LogP contribution in [-0.4, -0.2) is 0 Å². The monoisotopic (exact) mass is 320 g/mol. The van der Waals surface area contributed by atoms with E-state index in [0.717, 1.165) is 36.1 Å². The van der Waals surface area contributed by atoms with Gasteiger partial charge in [-0.2, -0.15) is 13.2 Å². The van der Waals surface area contributed by atoms with Crippen LogP contribution in [-0.2, 0) is 12.6 Å². The standard InChI is InChI=1S/C20H23F3/c1-19(2,3)14-4-5-15-6-8-16(9-7-15)17-10-12-18(13-11-17)20(21,22)23/h6-13H,4-5,14H2,1-3H3. The van der Waals surface area contributed by atoms with E-state index in [4.69, 9.17) is 0 Å². The van der Waals surface area contributed by atoms with Crippen molar-refractivity contribution in [1.82, 2.24) is 0 Å². The molecular weight excluding hydrogens is 297 g/mol. The van der Waals surface area contributed by atoms with E-state index in [9.17, 15) is 13.2 Å². The Balaban J connectivity index is 2.02. The number of hydrogen-bond acceptors (Lipinski definition) is 0. The van der Waals surface area contributed by atoms with Crippen LogP contribution in [0.4, 0.5) is 13.2 Å². The van der Waals surface area contributed by atoms with Gasteiger partial charge >= 0.3 is 6.18 Å². The highest BCUT2D eigenvalue weighted by Gasteiger charge is 2.29. The molecule has 0 saturated heterocycles. The first-order chi connectivity index (χ1) is 10.6. The molecule has 0 saturated carbocycles. The van der Waals surface area contributed by atoms with Gasteiger partial charge in [-0.05, 0) is 53.5 Å². The van der Waals surface area contributed by atoms with Gasteiger partial charge in [0, 0.05) is 0 Å². The molecule has 0 radical (unpaired) electrons. The van der Waals surface area contributed by atoms with Gasteiger partial charge in [-0.25, -0.2) is 0 Å². The summed E-state index contributed by atoms with van der Waals surface area (Å²) in [7, 11) is 0. The molecule has 2 aromatic rings. The molecule has 0 fully saturated rings. The van der Waals surface area contributed by atoms with Crippen LogP contribution in [0.25, 0.3) is 11.1 Å². The van der Waals surface area contributed by atoms with E-state index in [1.54, 1.807) is 0 Å². The third kappa shape index (κ3) is 5.42. The molecule has 2 rings (SSSR count). The van der Waals surface area contributed by atoms with E-state index >= 15 is 0 Å². The van der Waals surface area contributed by atoms with Crippen molar-refractivity contribution < 1.29 is 13.2 Å². The zero-order chi connectivity index (χ0) is 17.1. The van der Waals surface area contributed by atoms with Gasteiger partial charge in [0.2, 0.25) is 0 Å². The Morgan fingerprint density at radius 2 is 1.22 bits per heavy atom. The summed E-state index contributed by atoms with van der Waals surface area (Å²) < 4.78 is 37.7. The molecule has 0 unspecified atom stereocenters. The zero-order valence-electron chi connectivity index (χ0n) is 13.9. The van der Waals surface area contributed by atoms with Gasteiger partial charge in [0.15, 0.2) is 0 Å². The summed E-state index contributed by atoms with van der Waals surface area (Å²) in [5.41, 5.74) is 2.75. The third-order valence-electron chi connectivity index (χ3n) is 3.89. The van der Waals surface area contributed by atoms with Crippen LogP contribution < -0.4 is 0 Å². The van der Waals surface area contributed by atoms with Crippen molar-refractivity contribution in [3.8, 4) is 11.1 Å². The van der Waals surface area contributed by atoms with E-state index in [1.165, 1.54) is 24.1 Å². The molecule has 0 aromatic heterocycles. The fraction of sp³-hybridized carbons (Fsp3) is 0.400. The topological polar surface area (TPSA) is 0 Å². The molecule has 0 spiro atoms. The van der Waals surface area contributed by atoms with E-state index < -0.39 is 11.7 Å². The Morgan fingerprint density at radius 1 is 0.739 bits per heavy atom. The Kier molecular flexibility index (Phi) is 5.18. The summed E-state index contributed by atoms with van der Waals surface area (Å²) >= 11 is 0. The number of halogens is 3. The molecule has 0 N–H and O–H groups in total. The van der Waals surface area contributed by atoms with Gasteiger partial charge in [0.1, 0.15) is 0 Å². The van der Waals surface area contributed by atoms with Crippen LogP contribution in [0.1, 0.15) is 44.7 Å². The summed E-state index contributed by atoms with van der Waals surface area (Å²) in [6, 6.07) is 13.4. The molecule has 3 heteroatoms. The lowest BCUT2D eigenvalue weighted by Crippen LogP contribution is -2.04. The van der Waals surface area contributed by atoms with Crippen LogP contribution in [0.2, 0.25) is 0 Å². The van der Waals surface area contributed by atoms with Crippen LogP contribution in [0.15, 0.2) is 48.5 Å². The van der Waals surface area contributed by atoms with Crippen molar-refractivity contribution in [2.24, 2.45) is 5.41 Å². The second-order valence-electron chi connectivity index (χ2n) is 7.19. The Bertz CT molecular complexity index is 614. The maximum atomic E-state index is 12.6. The molecule has 0 amide bonds. The molecule has 124 valence electrons. The molecule has 23 heavy (non-hydrogen) atoms. The van der Waals surface area contributed by atoms with Crippen molar-refractivity contribution in [2.75, 3.05) is 0 Å². The normalized spacial score (nSPS) is 12.4. The van der Waals surface area contributed by atoms with Crippen LogP contribution in [0.5, 0.6) is 0 Å². The van der Waals surface area contributed by atoms with Crippen LogP contribution in [0.3, 0.4) is 0 Å². The van der Waals surface area contributed by atoms with Crippen molar-refractivity contribution in [3.63, 3.8) is 0 Å². The maximum absolute atomic E-state index is 12.6. The minimum atomic E-state index is -4.28. The lowest BCUT2D eigenvalue weighted by molar-refractivity contribution is -0.137. The van der Waals surface area contributed by atoms with Gasteiger partial charge in [-0.15, -0.1) is 0 Å². The molecular formula is C20H23F3. The number of alkyl halides is 3. The van der Waals surface area contributed by atoms with Crippen molar-refractivity contribution in [2.45, 2.75) is 46.2 Å². The summed E-state index contributed by atoms with van der Waals surface area (Å²) in [6.07, 6.45) is -0.934. The summed E-state index contributed by atoms with van der Waals surface area (Å²) in [5.74, 6) is 0. The minimum Gasteiger partial charge on any atom is -0.166 e. The average molecular weight is 320 g/mol. The van der Waals surface area contributed by atoms with E-state index in [2.05, 4.69) is 32.9 Å². The summed E-state index contributed by atoms with van der Waals surface area (Å²) in [4.78, 5) is 0. The van der Waals surface area contributed by atoms with Crippen molar-refractivity contribution >= 4 is 0 Å². The molecule has 0 atom stereocenters. The fourth-order valence-corrected chi connectivity index (χ4v) is 2.54. The lowest BCUT2D eigenvalue weighted by atomic mass is 9.89. The van der Waals surface area contributed by atoms with Crippen molar-refractivity contribution in [3.05, 3.63) is 59.7 Å². The van der Waals surface area contributed by atoms with Gasteiger partial charge < -0.3 is 0 Å². The van der Waals surface area contributed by atoms with Crippen molar-refractivity contribution in [1.29, 1.82) is 0 Å².